The molecule has 0 saturated heterocycles. The Labute approximate surface area is 141 Å². The largest absolute Gasteiger partial charge is 0.474 e. The molecule has 118 valence electrons. The van der Waals surface area contributed by atoms with Crippen molar-refractivity contribution in [2.75, 3.05) is 0 Å². The van der Waals surface area contributed by atoms with Crippen molar-refractivity contribution in [2.45, 2.75) is 19.4 Å². The molecule has 0 amide bonds. The van der Waals surface area contributed by atoms with Crippen LogP contribution >= 0.6 is 0 Å². The van der Waals surface area contributed by atoms with Crippen molar-refractivity contribution < 1.29 is 9.53 Å². The van der Waals surface area contributed by atoms with Crippen LogP contribution in [0.5, 0.6) is 5.75 Å². The molecule has 3 aromatic carbocycles. The van der Waals surface area contributed by atoms with E-state index in [4.69, 9.17) is 4.74 Å². The monoisotopic (exact) mass is 314 g/mol. The molecule has 1 aliphatic carbocycles. The number of fused-ring (bicyclic) bond motifs is 2. The van der Waals surface area contributed by atoms with Gasteiger partial charge in [0.1, 0.15) is 5.75 Å². The summed E-state index contributed by atoms with van der Waals surface area (Å²) in [5.41, 5.74) is 1.98. The van der Waals surface area contributed by atoms with Gasteiger partial charge in [-0.05, 0) is 47.9 Å². The average molecular weight is 314 g/mol. The Morgan fingerprint density at radius 2 is 1.62 bits per heavy atom. The number of carbonyl (C=O) groups is 1. The first-order valence-electron chi connectivity index (χ1n) is 8.09. The van der Waals surface area contributed by atoms with E-state index in [-0.39, 0.29) is 5.78 Å². The fraction of sp³-hybridized carbons (Fsp3) is 0.136. The standard InChI is InChI=1S/C22H18O2/c1-15-18-9-5-3-7-16(18)11-13-20(15)24-22(2)19-10-6-4-8-17(19)12-14-21(22)23/h3-14H,1-2H3/t22-/m1/s1. The highest BCUT2D eigenvalue weighted by molar-refractivity contribution is 6.04. The Hall–Kier alpha value is -2.87. The molecule has 2 nitrogen and oxygen atoms in total. The third-order valence-electron chi connectivity index (χ3n) is 4.82. The normalized spacial score (nSPS) is 19.3. The SMILES string of the molecule is Cc1c(O[C@@]2(C)C(=O)C=Cc3ccccc32)ccc2ccccc12. The topological polar surface area (TPSA) is 26.3 Å². The van der Waals surface area contributed by atoms with Crippen LogP contribution < -0.4 is 4.74 Å². The summed E-state index contributed by atoms with van der Waals surface area (Å²) < 4.78 is 6.32. The van der Waals surface area contributed by atoms with Crippen LogP contribution in [0.1, 0.15) is 23.6 Å². The molecule has 0 spiro atoms. The molecule has 0 fully saturated rings. The third kappa shape index (κ3) is 2.15. The summed E-state index contributed by atoms with van der Waals surface area (Å²) in [6.07, 6.45) is 3.47. The fourth-order valence-electron chi connectivity index (χ4n) is 3.38. The molecular weight excluding hydrogens is 296 g/mol. The van der Waals surface area contributed by atoms with Gasteiger partial charge in [-0.25, -0.2) is 0 Å². The van der Waals surface area contributed by atoms with E-state index in [1.54, 1.807) is 6.08 Å². The van der Waals surface area contributed by atoms with E-state index in [1.165, 1.54) is 5.39 Å². The molecule has 1 atom stereocenters. The molecule has 0 aromatic heterocycles. The van der Waals surface area contributed by atoms with Crippen LogP contribution in [0.2, 0.25) is 0 Å². The summed E-state index contributed by atoms with van der Waals surface area (Å²) in [5, 5.41) is 2.31. The summed E-state index contributed by atoms with van der Waals surface area (Å²) in [6.45, 7) is 3.89. The molecule has 0 N–H and O–H groups in total. The van der Waals surface area contributed by atoms with Gasteiger partial charge in [-0.1, -0.05) is 60.7 Å². The number of aryl methyl sites for hydroxylation is 1. The molecule has 3 aromatic rings. The van der Waals surface area contributed by atoms with Crippen molar-refractivity contribution >= 4 is 22.6 Å². The Balaban J connectivity index is 1.84. The van der Waals surface area contributed by atoms with Gasteiger partial charge in [0, 0.05) is 5.56 Å². The summed E-state index contributed by atoms with van der Waals surface area (Å²) in [4.78, 5) is 12.6. The van der Waals surface area contributed by atoms with Gasteiger partial charge in [-0.15, -0.1) is 0 Å². The Morgan fingerprint density at radius 3 is 2.50 bits per heavy atom. The van der Waals surface area contributed by atoms with Gasteiger partial charge in [0.15, 0.2) is 5.60 Å². The van der Waals surface area contributed by atoms with Crippen LogP contribution in [0.15, 0.2) is 66.7 Å². The molecule has 0 heterocycles. The summed E-state index contributed by atoms with van der Waals surface area (Å²) in [6, 6.07) is 20.1. The maximum atomic E-state index is 12.6. The Bertz CT molecular complexity index is 984. The molecular formula is C22H18O2. The van der Waals surface area contributed by atoms with Crippen molar-refractivity contribution in [3.05, 3.63) is 83.4 Å². The zero-order valence-corrected chi connectivity index (χ0v) is 13.7. The number of carbonyl (C=O) groups excluding carboxylic acids is 1. The van der Waals surface area contributed by atoms with E-state index in [1.807, 2.05) is 68.5 Å². The molecule has 0 bridgehead atoms. The van der Waals surface area contributed by atoms with Crippen molar-refractivity contribution in [1.82, 2.24) is 0 Å². The van der Waals surface area contributed by atoms with Crippen LogP contribution in [-0.4, -0.2) is 5.78 Å². The zero-order chi connectivity index (χ0) is 16.7. The lowest BCUT2D eigenvalue weighted by molar-refractivity contribution is -0.129. The van der Waals surface area contributed by atoms with Gasteiger partial charge < -0.3 is 4.74 Å². The number of hydrogen-bond donors (Lipinski definition) is 0. The van der Waals surface area contributed by atoms with Gasteiger partial charge in [0.05, 0.1) is 0 Å². The number of hydrogen-bond acceptors (Lipinski definition) is 2. The first-order chi connectivity index (χ1) is 11.6. The van der Waals surface area contributed by atoms with Crippen LogP contribution in [-0.2, 0) is 10.4 Å². The van der Waals surface area contributed by atoms with Crippen molar-refractivity contribution in [1.29, 1.82) is 0 Å². The minimum absolute atomic E-state index is 0.0336. The first-order valence-corrected chi connectivity index (χ1v) is 8.09. The van der Waals surface area contributed by atoms with Crippen LogP contribution in [0.3, 0.4) is 0 Å². The van der Waals surface area contributed by atoms with E-state index >= 15 is 0 Å². The molecule has 0 saturated carbocycles. The van der Waals surface area contributed by atoms with Gasteiger partial charge in [-0.3, -0.25) is 4.79 Å². The predicted molar refractivity (Wildman–Crippen MR) is 97.1 cm³/mol. The van der Waals surface area contributed by atoms with E-state index in [0.717, 1.165) is 27.8 Å². The maximum absolute atomic E-state index is 12.6. The highest BCUT2D eigenvalue weighted by atomic mass is 16.5. The summed E-state index contributed by atoms with van der Waals surface area (Å²) >= 11 is 0. The molecule has 0 aliphatic heterocycles. The average Bonchev–Trinajstić information content (AvgIpc) is 2.61. The van der Waals surface area contributed by atoms with Crippen LogP contribution in [0, 0.1) is 6.92 Å². The van der Waals surface area contributed by atoms with Crippen molar-refractivity contribution in [3.63, 3.8) is 0 Å². The quantitative estimate of drug-likeness (QED) is 0.662. The molecule has 1 aliphatic rings. The maximum Gasteiger partial charge on any atom is 0.203 e. The summed E-state index contributed by atoms with van der Waals surface area (Å²) in [7, 11) is 0. The molecule has 0 radical (unpaired) electrons. The van der Waals surface area contributed by atoms with Crippen LogP contribution in [0.4, 0.5) is 0 Å². The van der Waals surface area contributed by atoms with Crippen LogP contribution in [0.25, 0.3) is 16.8 Å². The zero-order valence-electron chi connectivity index (χ0n) is 13.7. The number of benzene rings is 3. The second-order valence-electron chi connectivity index (χ2n) is 6.33. The first kappa shape index (κ1) is 14.7. The number of rotatable bonds is 2. The van der Waals surface area contributed by atoms with Gasteiger partial charge >= 0.3 is 0 Å². The predicted octanol–water partition coefficient (Wildman–Crippen LogP) is 5.04. The lowest BCUT2D eigenvalue weighted by Crippen LogP contribution is -2.40. The highest BCUT2D eigenvalue weighted by Gasteiger charge is 2.39. The van der Waals surface area contributed by atoms with E-state index in [9.17, 15) is 4.79 Å². The smallest absolute Gasteiger partial charge is 0.203 e. The van der Waals surface area contributed by atoms with Crippen molar-refractivity contribution in [2.24, 2.45) is 0 Å². The third-order valence-corrected chi connectivity index (χ3v) is 4.82. The van der Waals surface area contributed by atoms with Gasteiger partial charge in [0.25, 0.3) is 0 Å². The Kier molecular flexibility index (Phi) is 3.27. The highest BCUT2D eigenvalue weighted by Crippen LogP contribution is 2.38. The summed E-state index contributed by atoms with van der Waals surface area (Å²) in [5.74, 6) is 0.711. The van der Waals surface area contributed by atoms with Gasteiger partial charge in [0.2, 0.25) is 5.78 Å². The van der Waals surface area contributed by atoms with E-state index < -0.39 is 5.60 Å². The lowest BCUT2D eigenvalue weighted by atomic mass is 9.83. The number of ketones is 1. The molecule has 2 heteroatoms. The fourth-order valence-corrected chi connectivity index (χ4v) is 3.38. The minimum Gasteiger partial charge on any atom is -0.474 e. The molecule has 0 unspecified atom stereocenters. The molecule has 4 rings (SSSR count). The van der Waals surface area contributed by atoms with Crippen molar-refractivity contribution in [3.8, 4) is 5.75 Å². The molecule has 24 heavy (non-hydrogen) atoms. The number of ether oxygens (including phenoxy) is 1. The lowest BCUT2D eigenvalue weighted by Gasteiger charge is -2.33. The minimum atomic E-state index is -1.00. The second-order valence-corrected chi connectivity index (χ2v) is 6.33. The Morgan fingerprint density at radius 1 is 0.875 bits per heavy atom. The second kappa shape index (κ2) is 5.34. The van der Waals surface area contributed by atoms with E-state index in [0.29, 0.717) is 0 Å². The van der Waals surface area contributed by atoms with Gasteiger partial charge in [-0.2, -0.15) is 0 Å². The van der Waals surface area contributed by atoms with E-state index in [2.05, 4.69) is 12.1 Å².